The molecular formula is C14H25NO2. The van der Waals surface area contributed by atoms with Gasteiger partial charge in [-0.1, -0.05) is 26.7 Å². The van der Waals surface area contributed by atoms with Crippen LogP contribution in [0.1, 0.15) is 52.4 Å². The Labute approximate surface area is 104 Å². The summed E-state index contributed by atoms with van der Waals surface area (Å²) in [5.74, 6) is 0.535. The topological polar surface area (TPSA) is 40.5 Å². The quantitative estimate of drug-likeness (QED) is 0.762. The van der Waals surface area contributed by atoms with Crippen molar-refractivity contribution in [3.05, 3.63) is 0 Å². The van der Waals surface area contributed by atoms with Gasteiger partial charge in [0.05, 0.1) is 6.10 Å². The molecule has 0 aromatic rings. The largest absolute Gasteiger partial charge is 0.393 e. The monoisotopic (exact) mass is 239 g/mol. The highest BCUT2D eigenvalue weighted by atomic mass is 16.3. The van der Waals surface area contributed by atoms with Gasteiger partial charge in [-0.15, -0.1) is 0 Å². The standard InChI is InChI=1S/C14H25NO2/c1-14(2)8-4-3-5-12(14)13(17)15-9-6-11(16)7-10-15/h11-12,16H,3-10H2,1-2H3. The maximum absolute atomic E-state index is 12.5. The summed E-state index contributed by atoms with van der Waals surface area (Å²) < 4.78 is 0. The number of carbonyl (C=O) groups excluding carboxylic acids is 1. The summed E-state index contributed by atoms with van der Waals surface area (Å²) >= 11 is 0. The molecule has 3 heteroatoms. The molecule has 3 nitrogen and oxygen atoms in total. The molecule has 0 aromatic carbocycles. The molecule has 1 heterocycles. The highest BCUT2D eigenvalue weighted by Crippen LogP contribution is 2.41. The first-order valence-corrected chi connectivity index (χ1v) is 6.97. The normalized spacial score (nSPS) is 30.3. The molecule has 1 N–H and O–H groups in total. The third-order valence-corrected chi connectivity index (χ3v) is 4.58. The van der Waals surface area contributed by atoms with E-state index in [1.54, 1.807) is 0 Å². The van der Waals surface area contributed by atoms with E-state index in [0.29, 0.717) is 5.91 Å². The SMILES string of the molecule is CC1(C)CCCCC1C(=O)N1CCC(O)CC1. The third-order valence-electron chi connectivity index (χ3n) is 4.58. The fourth-order valence-electron chi connectivity index (χ4n) is 3.26. The lowest BCUT2D eigenvalue weighted by atomic mass is 9.68. The molecule has 2 fully saturated rings. The van der Waals surface area contributed by atoms with E-state index in [9.17, 15) is 9.90 Å². The first kappa shape index (κ1) is 12.9. The molecule has 0 spiro atoms. The lowest BCUT2D eigenvalue weighted by Gasteiger charge is -2.41. The van der Waals surface area contributed by atoms with E-state index in [4.69, 9.17) is 0 Å². The molecule has 1 amide bonds. The maximum atomic E-state index is 12.5. The molecule has 98 valence electrons. The minimum Gasteiger partial charge on any atom is -0.393 e. The summed E-state index contributed by atoms with van der Waals surface area (Å²) in [5.41, 5.74) is 0.158. The molecule has 1 saturated carbocycles. The molecule has 0 bridgehead atoms. The van der Waals surface area contributed by atoms with Crippen molar-refractivity contribution in [3.8, 4) is 0 Å². The Hall–Kier alpha value is -0.570. The van der Waals surface area contributed by atoms with Gasteiger partial charge in [-0.2, -0.15) is 0 Å². The smallest absolute Gasteiger partial charge is 0.226 e. The Morgan fingerprint density at radius 3 is 2.41 bits per heavy atom. The van der Waals surface area contributed by atoms with Crippen molar-refractivity contribution >= 4 is 5.91 Å². The first-order valence-electron chi connectivity index (χ1n) is 6.97. The van der Waals surface area contributed by atoms with Crippen molar-refractivity contribution in [1.82, 2.24) is 4.90 Å². The molecule has 1 unspecified atom stereocenters. The van der Waals surface area contributed by atoms with E-state index in [2.05, 4.69) is 13.8 Å². The van der Waals surface area contributed by atoms with Gasteiger partial charge < -0.3 is 10.0 Å². The molecule has 1 atom stereocenters. The summed E-state index contributed by atoms with van der Waals surface area (Å²) in [4.78, 5) is 14.5. The summed E-state index contributed by atoms with van der Waals surface area (Å²) in [6.07, 6.45) is 5.97. The number of hydrogen-bond donors (Lipinski definition) is 1. The van der Waals surface area contributed by atoms with Gasteiger partial charge in [0.2, 0.25) is 5.91 Å². The molecular weight excluding hydrogens is 214 g/mol. The second kappa shape index (κ2) is 4.97. The maximum Gasteiger partial charge on any atom is 0.226 e. The third kappa shape index (κ3) is 2.82. The molecule has 1 aliphatic heterocycles. The number of likely N-dealkylation sites (tertiary alicyclic amines) is 1. The predicted octanol–water partition coefficient (Wildman–Crippen LogP) is 2.19. The van der Waals surface area contributed by atoms with E-state index in [-0.39, 0.29) is 17.4 Å². The number of aliphatic hydroxyl groups excluding tert-OH is 1. The molecule has 0 aromatic heterocycles. The second-order valence-corrected chi connectivity index (χ2v) is 6.34. The van der Waals surface area contributed by atoms with Crippen LogP contribution in [0.25, 0.3) is 0 Å². The summed E-state index contributed by atoms with van der Waals surface area (Å²) in [6.45, 7) is 5.94. The number of rotatable bonds is 1. The number of piperidine rings is 1. The van der Waals surface area contributed by atoms with Gasteiger partial charge in [-0.05, 0) is 31.1 Å². The van der Waals surface area contributed by atoms with E-state index in [1.165, 1.54) is 19.3 Å². The average Bonchev–Trinajstić information content (AvgIpc) is 2.28. The van der Waals surface area contributed by atoms with Crippen LogP contribution in [0.15, 0.2) is 0 Å². The van der Waals surface area contributed by atoms with Gasteiger partial charge in [-0.25, -0.2) is 0 Å². The lowest BCUT2D eigenvalue weighted by molar-refractivity contribution is -0.143. The molecule has 2 rings (SSSR count). The van der Waals surface area contributed by atoms with Crippen molar-refractivity contribution < 1.29 is 9.90 Å². The van der Waals surface area contributed by atoms with Crippen LogP contribution in [0.5, 0.6) is 0 Å². The highest BCUT2D eigenvalue weighted by molar-refractivity contribution is 5.79. The zero-order valence-electron chi connectivity index (χ0n) is 11.1. The van der Waals surface area contributed by atoms with Gasteiger partial charge >= 0.3 is 0 Å². The van der Waals surface area contributed by atoms with Crippen LogP contribution in [0.4, 0.5) is 0 Å². The zero-order valence-corrected chi connectivity index (χ0v) is 11.1. The Morgan fingerprint density at radius 1 is 1.18 bits per heavy atom. The van der Waals surface area contributed by atoms with Gasteiger partial charge in [0.25, 0.3) is 0 Å². The van der Waals surface area contributed by atoms with Crippen molar-refractivity contribution in [2.24, 2.45) is 11.3 Å². The summed E-state index contributed by atoms with van der Waals surface area (Å²) in [7, 11) is 0. The van der Waals surface area contributed by atoms with Gasteiger partial charge in [0, 0.05) is 19.0 Å². The average molecular weight is 239 g/mol. The van der Waals surface area contributed by atoms with E-state index in [0.717, 1.165) is 32.4 Å². The van der Waals surface area contributed by atoms with Gasteiger partial charge in [0.15, 0.2) is 0 Å². The zero-order chi connectivity index (χ0) is 12.5. The highest BCUT2D eigenvalue weighted by Gasteiger charge is 2.39. The fraction of sp³-hybridized carbons (Fsp3) is 0.929. The van der Waals surface area contributed by atoms with Crippen LogP contribution in [-0.4, -0.2) is 35.1 Å². The van der Waals surface area contributed by atoms with Crippen LogP contribution in [-0.2, 0) is 4.79 Å². The van der Waals surface area contributed by atoms with Crippen molar-refractivity contribution in [2.45, 2.75) is 58.5 Å². The van der Waals surface area contributed by atoms with Crippen molar-refractivity contribution in [3.63, 3.8) is 0 Å². The van der Waals surface area contributed by atoms with Crippen LogP contribution < -0.4 is 0 Å². The number of amides is 1. The molecule has 1 aliphatic carbocycles. The second-order valence-electron chi connectivity index (χ2n) is 6.34. The Balaban J connectivity index is 1.99. The minimum atomic E-state index is -0.196. The fourth-order valence-corrected chi connectivity index (χ4v) is 3.26. The Morgan fingerprint density at radius 2 is 1.82 bits per heavy atom. The van der Waals surface area contributed by atoms with Crippen LogP contribution in [0.3, 0.4) is 0 Å². The number of aliphatic hydroxyl groups is 1. The number of carbonyl (C=O) groups is 1. The van der Waals surface area contributed by atoms with Crippen molar-refractivity contribution in [2.75, 3.05) is 13.1 Å². The summed E-state index contributed by atoms with van der Waals surface area (Å²) in [5, 5.41) is 9.48. The van der Waals surface area contributed by atoms with E-state index >= 15 is 0 Å². The van der Waals surface area contributed by atoms with Crippen LogP contribution >= 0.6 is 0 Å². The van der Waals surface area contributed by atoms with E-state index in [1.807, 2.05) is 4.90 Å². The molecule has 1 saturated heterocycles. The Bertz CT molecular complexity index is 280. The first-order chi connectivity index (χ1) is 8.00. The van der Waals surface area contributed by atoms with E-state index < -0.39 is 0 Å². The number of hydrogen-bond acceptors (Lipinski definition) is 2. The minimum absolute atomic E-state index is 0.158. The van der Waals surface area contributed by atoms with Gasteiger partial charge in [-0.3, -0.25) is 4.79 Å². The molecule has 0 radical (unpaired) electrons. The number of nitrogens with zero attached hydrogens (tertiary/aromatic N) is 1. The Kier molecular flexibility index (Phi) is 3.76. The summed E-state index contributed by atoms with van der Waals surface area (Å²) in [6, 6.07) is 0. The molecule has 2 aliphatic rings. The molecule has 17 heavy (non-hydrogen) atoms. The predicted molar refractivity (Wildman–Crippen MR) is 67.6 cm³/mol. The van der Waals surface area contributed by atoms with Crippen LogP contribution in [0, 0.1) is 11.3 Å². The van der Waals surface area contributed by atoms with Crippen molar-refractivity contribution in [1.29, 1.82) is 0 Å². The lowest BCUT2D eigenvalue weighted by Crippen LogP contribution is -2.47. The van der Waals surface area contributed by atoms with Gasteiger partial charge in [0.1, 0.15) is 0 Å². The van der Waals surface area contributed by atoms with Crippen LogP contribution in [0.2, 0.25) is 0 Å².